The fourth-order valence-corrected chi connectivity index (χ4v) is 3.43. The molecule has 0 bridgehead atoms. The Morgan fingerprint density at radius 2 is 2.05 bits per heavy atom. The summed E-state index contributed by atoms with van der Waals surface area (Å²) in [6.45, 7) is 5.11. The van der Waals surface area contributed by atoms with Gasteiger partial charge in [0, 0.05) is 13.6 Å². The topological polar surface area (TPSA) is 51.4 Å². The highest BCUT2D eigenvalue weighted by atomic mass is 32.1. The van der Waals surface area contributed by atoms with Gasteiger partial charge >= 0.3 is 0 Å². The third-order valence-electron chi connectivity index (χ3n) is 3.61. The number of aromatic nitrogens is 1. The molecule has 0 aromatic carbocycles. The lowest BCUT2D eigenvalue weighted by Crippen LogP contribution is -2.26. The van der Waals surface area contributed by atoms with Crippen LogP contribution in [0.15, 0.2) is 0 Å². The van der Waals surface area contributed by atoms with Gasteiger partial charge in [0.1, 0.15) is 0 Å². The first-order valence-corrected chi connectivity index (χ1v) is 7.98. The van der Waals surface area contributed by atoms with Crippen LogP contribution in [0.5, 0.6) is 5.75 Å². The summed E-state index contributed by atoms with van der Waals surface area (Å²) < 4.78 is 10.0. The molecule has 4 nitrogen and oxygen atoms in total. The Bertz CT molecular complexity index is 399. The second kappa shape index (κ2) is 6.46. The lowest BCUT2D eigenvalue weighted by molar-refractivity contribution is 0.244. The summed E-state index contributed by atoms with van der Waals surface area (Å²) in [4.78, 5) is 2.27. The average molecular weight is 283 g/mol. The summed E-state index contributed by atoms with van der Waals surface area (Å²) in [6, 6.07) is 0. The van der Waals surface area contributed by atoms with Crippen molar-refractivity contribution in [3.8, 4) is 5.75 Å². The summed E-state index contributed by atoms with van der Waals surface area (Å²) in [5.74, 6) is 2.08. The summed E-state index contributed by atoms with van der Waals surface area (Å²) >= 11 is 1.44. The van der Waals surface area contributed by atoms with Crippen LogP contribution in [0.3, 0.4) is 0 Å². The van der Waals surface area contributed by atoms with Crippen LogP contribution in [0, 0.1) is 5.92 Å². The second-order valence-corrected chi connectivity index (χ2v) is 6.51. The lowest BCUT2D eigenvalue weighted by atomic mass is 9.89. The van der Waals surface area contributed by atoms with E-state index >= 15 is 0 Å². The number of nitrogens with zero attached hydrogens (tertiary/aromatic N) is 2. The quantitative estimate of drug-likeness (QED) is 0.898. The van der Waals surface area contributed by atoms with Crippen LogP contribution in [0.25, 0.3) is 0 Å². The molecule has 1 aliphatic rings. The van der Waals surface area contributed by atoms with Gasteiger partial charge in [-0.3, -0.25) is 0 Å². The van der Waals surface area contributed by atoms with E-state index < -0.39 is 0 Å². The molecule has 1 saturated carbocycles. The van der Waals surface area contributed by atoms with Crippen LogP contribution in [-0.2, 0) is 0 Å². The maximum Gasteiger partial charge on any atom is 0.198 e. The van der Waals surface area contributed by atoms with E-state index in [0.29, 0.717) is 5.82 Å². The van der Waals surface area contributed by atoms with Gasteiger partial charge in [-0.1, -0.05) is 19.3 Å². The molecule has 2 rings (SSSR count). The molecule has 108 valence electrons. The number of hydrogen-bond acceptors (Lipinski definition) is 5. The second-order valence-electron chi connectivity index (χ2n) is 5.75. The first kappa shape index (κ1) is 14.4. The molecule has 1 heterocycles. The zero-order valence-corrected chi connectivity index (χ0v) is 13.0. The molecule has 1 fully saturated rings. The number of anilines is 2. The normalized spacial score (nSPS) is 16.8. The van der Waals surface area contributed by atoms with Gasteiger partial charge in [-0.2, -0.15) is 4.37 Å². The Morgan fingerprint density at radius 1 is 1.37 bits per heavy atom. The van der Waals surface area contributed by atoms with Gasteiger partial charge in [0.05, 0.1) is 6.10 Å². The van der Waals surface area contributed by atoms with E-state index in [1.165, 1.54) is 43.6 Å². The van der Waals surface area contributed by atoms with Gasteiger partial charge in [0.25, 0.3) is 0 Å². The van der Waals surface area contributed by atoms with Gasteiger partial charge < -0.3 is 15.4 Å². The number of hydrogen-bond donors (Lipinski definition) is 1. The van der Waals surface area contributed by atoms with Crippen molar-refractivity contribution in [3.63, 3.8) is 0 Å². The Labute approximate surface area is 120 Å². The van der Waals surface area contributed by atoms with Gasteiger partial charge in [0.2, 0.25) is 0 Å². The highest BCUT2D eigenvalue weighted by Crippen LogP contribution is 2.39. The smallest absolute Gasteiger partial charge is 0.198 e. The number of rotatable bonds is 5. The van der Waals surface area contributed by atoms with E-state index in [-0.39, 0.29) is 6.10 Å². The predicted octanol–water partition coefficient (Wildman–Crippen LogP) is 3.53. The zero-order valence-electron chi connectivity index (χ0n) is 12.2. The molecular formula is C14H25N3OS. The van der Waals surface area contributed by atoms with E-state index in [1.807, 2.05) is 13.8 Å². The molecule has 1 aromatic heterocycles. The lowest BCUT2D eigenvalue weighted by Gasteiger charge is -2.27. The Hall–Kier alpha value is -0.970. The van der Waals surface area contributed by atoms with E-state index in [0.717, 1.165) is 23.2 Å². The highest BCUT2D eigenvalue weighted by molar-refractivity contribution is 7.11. The monoisotopic (exact) mass is 283 g/mol. The first-order valence-electron chi connectivity index (χ1n) is 7.21. The maximum atomic E-state index is 5.91. The molecule has 19 heavy (non-hydrogen) atoms. The van der Waals surface area contributed by atoms with Crippen molar-refractivity contribution in [2.24, 2.45) is 5.92 Å². The van der Waals surface area contributed by atoms with Crippen LogP contribution >= 0.6 is 11.5 Å². The van der Waals surface area contributed by atoms with Gasteiger partial charge in [0.15, 0.2) is 16.6 Å². The van der Waals surface area contributed by atoms with Gasteiger partial charge in [-0.05, 0) is 44.1 Å². The van der Waals surface area contributed by atoms with Crippen molar-refractivity contribution in [3.05, 3.63) is 0 Å². The predicted molar refractivity (Wildman–Crippen MR) is 82.1 cm³/mol. The molecule has 0 amide bonds. The minimum atomic E-state index is 0.125. The fourth-order valence-electron chi connectivity index (χ4n) is 2.71. The molecule has 0 unspecified atom stereocenters. The zero-order chi connectivity index (χ0) is 13.8. The first-order chi connectivity index (χ1) is 9.08. The molecular weight excluding hydrogens is 258 g/mol. The molecule has 0 spiro atoms. The van der Waals surface area contributed by atoms with Crippen molar-refractivity contribution < 1.29 is 4.74 Å². The number of nitrogen functional groups attached to an aromatic ring is 1. The molecule has 2 N–H and O–H groups in total. The molecule has 1 aromatic rings. The Morgan fingerprint density at radius 3 is 2.68 bits per heavy atom. The molecule has 0 saturated heterocycles. The summed E-state index contributed by atoms with van der Waals surface area (Å²) in [7, 11) is 2.12. The minimum Gasteiger partial charge on any atom is -0.484 e. The van der Waals surface area contributed by atoms with Crippen LogP contribution < -0.4 is 15.4 Å². The van der Waals surface area contributed by atoms with E-state index in [1.54, 1.807) is 0 Å². The highest BCUT2D eigenvalue weighted by Gasteiger charge is 2.21. The molecule has 0 atom stereocenters. The van der Waals surface area contributed by atoms with Crippen molar-refractivity contribution in [2.45, 2.75) is 52.1 Å². The van der Waals surface area contributed by atoms with E-state index in [2.05, 4.69) is 16.3 Å². The van der Waals surface area contributed by atoms with E-state index in [4.69, 9.17) is 10.5 Å². The van der Waals surface area contributed by atoms with Crippen molar-refractivity contribution in [1.82, 2.24) is 4.37 Å². The molecule has 0 radical (unpaired) electrons. The van der Waals surface area contributed by atoms with Gasteiger partial charge in [-0.25, -0.2) is 0 Å². The van der Waals surface area contributed by atoms with Crippen molar-refractivity contribution in [2.75, 3.05) is 24.2 Å². The van der Waals surface area contributed by atoms with Crippen LogP contribution in [0.2, 0.25) is 0 Å². The summed E-state index contributed by atoms with van der Waals surface area (Å²) in [5.41, 5.74) is 5.91. The van der Waals surface area contributed by atoms with Crippen molar-refractivity contribution in [1.29, 1.82) is 0 Å². The van der Waals surface area contributed by atoms with Crippen LogP contribution in [0.4, 0.5) is 10.8 Å². The summed E-state index contributed by atoms with van der Waals surface area (Å²) in [5, 5.41) is 1.07. The van der Waals surface area contributed by atoms with Gasteiger partial charge in [-0.15, -0.1) is 0 Å². The Balaban J connectivity index is 2.03. The number of nitrogens with two attached hydrogens (primary N) is 1. The van der Waals surface area contributed by atoms with Crippen molar-refractivity contribution >= 4 is 22.4 Å². The SMILES string of the molecule is CC(C)Oc1c(N)nsc1N(C)CC1CCCCC1. The van der Waals surface area contributed by atoms with Crippen LogP contribution in [0.1, 0.15) is 46.0 Å². The standard InChI is InChI=1S/C14H25N3OS/c1-10(2)18-12-13(15)16-19-14(12)17(3)9-11-7-5-4-6-8-11/h10-11H,4-9H2,1-3H3,(H2,15,16). The molecule has 5 heteroatoms. The minimum absolute atomic E-state index is 0.125. The largest absolute Gasteiger partial charge is 0.484 e. The molecule has 1 aliphatic carbocycles. The van der Waals surface area contributed by atoms with E-state index in [9.17, 15) is 0 Å². The third kappa shape index (κ3) is 3.75. The molecule has 0 aliphatic heterocycles. The third-order valence-corrected chi connectivity index (χ3v) is 4.57. The maximum absolute atomic E-state index is 5.91. The fraction of sp³-hybridized carbons (Fsp3) is 0.786. The number of ether oxygens (including phenoxy) is 1. The average Bonchev–Trinajstić information content (AvgIpc) is 2.72. The summed E-state index contributed by atoms with van der Waals surface area (Å²) in [6.07, 6.45) is 6.96. The Kier molecular flexibility index (Phi) is 4.91. The van der Waals surface area contributed by atoms with Crippen LogP contribution in [-0.4, -0.2) is 24.1 Å².